The van der Waals surface area contributed by atoms with Gasteiger partial charge < -0.3 is 10.6 Å². The van der Waals surface area contributed by atoms with Crippen molar-refractivity contribution in [3.8, 4) is 0 Å². The van der Waals surface area contributed by atoms with Gasteiger partial charge in [0.15, 0.2) is 0 Å². The van der Waals surface area contributed by atoms with E-state index < -0.39 is 0 Å². The Morgan fingerprint density at radius 1 is 1.15 bits per heavy atom. The second kappa shape index (κ2) is 8.75. The van der Waals surface area contributed by atoms with Crippen molar-refractivity contribution in [2.45, 2.75) is 40.0 Å². The van der Waals surface area contributed by atoms with E-state index in [0.717, 1.165) is 24.9 Å². The number of carbonyl (C=O) groups excluding carboxylic acids is 1. The third-order valence-electron chi connectivity index (χ3n) is 3.27. The monoisotopic (exact) mass is 276 g/mol. The fourth-order valence-electron chi connectivity index (χ4n) is 2.34. The third-order valence-corrected chi connectivity index (χ3v) is 3.27. The van der Waals surface area contributed by atoms with Crippen LogP contribution in [0.4, 0.5) is 0 Å². The summed E-state index contributed by atoms with van der Waals surface area (Å²) in [6, 6.07) is 8.41. The van der Waals surface area contributed by atoms with Crippen LogP contribution in [0.15, 0.2) is 24.3 Å². The van der Waals surface area contributed by atoms with Gasteiger partial charge in [-0.2, -0.15) is 0 Å². The molecule has 0 radical (unpaired) electrons. The van der Waals surface area contributed by atoms with E-state index in [1.165, 1.54) is 5.56 Å². The molecular formula is C17H28N2O. The lowest BCUT2D eigenvalue weighted by Gasteiger charge is -2.21. The number of nitrogens with two attached hydrogens (primary N) is 1. The Hall–Kier alpha value is -1.35. The molecule has 112 valence electrons. The Labute approximate surface area is 123 Å². The van der Waals surface area contributed by atoms with Crippen molar-refractivity contribution in [3.63, 3.8) is 0 Å². The van der Waals surface area contributed by atoms with Gasteiger partial charge >= 0.3 is 0 Å². The zero-order valence-electron chi connectivity index (χ0n) is 13.1. The van der Waals surface area contributed by atoms with Crippen LogP contribution in [0.3, 0.4) is 0 Å². The Morgan fingerprint density at radius 3 is 2.25 bits per heavy atom. The molecule has 0 fully saturated rings. The summed E-state index contributed by atoms with van der Waals surface area (Å²) in [4.78, 5) is 14.1. The van der Waals surface area contributed by atoms with Crippen LogP contribution in [0, 0.1) is 5.92 Å². The number of hydrogen-bond acceptors (Lipinski definition) is 2. The first-order chi connectivity index (χ1) is 9.56. The van der Waals surface area contributed by atoms with E-state index in [1.54, 1.807) is 0 Å². The van der Waals surface area contributed by atoms with E-state index in [1.807, 2.05) is 4.90 Å². The molecule has 1 aromatic rings. The van der Waals surface area contributed by atoms with Crippen molar-refractivity contribution in [2.75, 3.05) is 19.6 Å². The Morgan fingerprint density at radius 2 is 1.75 bits per heavy atom. The van der Waals surface area contributed by atoms with Crippen molar-refractivity contribution in [3.05, 3.63) is 35.4 Å². The molecule has 3 heteroatoms. The van der Waals surface area contributed by atoms with Crippen LogP contribution in [-0.4, -0.2) is 30.4 Å². The highest BCUT2D eigenvalue weighted by Crippen LogP contribution is 2.11. The first-order valence-electron chi connectivity index (χ1n) is 7.62. The molecule has 0 saturated carbocycles. The van der Waals surface area contributed by atoms with Gasteiger partial charge in [0, 0.05) is 19.6 Å². The van der Waals surface area contributed by atoms with Gasteiger partial charge in [-0.05, 0) is 29.9 Å². The van der Waals surface area contributed by atoms with Crippen LogP contribution in [-0.2, 0) is 17.6 Å². The van der Waals surface area contributed by atoms with Crippen LogP contribution in [0.5, 0.6) is 0 Å². The zero-order chi connectivity index (χ0) is 15.0. The highest BCUT2D eigenvalue weighted by Gasteiger charge is 2.12. The highest BCUT2D eigenvalue weighted by molar-refractivity contribution is 5.78. The van der Waals surface area contributed by atoms with Gasteiger partial charge in [0.25, 0.3) is 0 Å². The minimum absolute atomic E-state index is 0.175. The average Bonchev–Trinajstić information content (AvgIpc) is 2.40. The maximum Gasteiger partial charge on any atom is 0.227 e. The van der Waals surface area contributed by atoms with E-state index in [-0.39, 0.29) is 5.91 Å². The molecule has 0 saturated heterocycles. The van der Waals surface area contributed by atoms with E-state index in [9.17, 15) is 4.79 Å². The number of carbonyl (C=O) groups is 1. The Bertz CT molecular complexity index is 392. The highest BCUT2D eigenvalue weighted by atomic mass is 16.2. The van der Waals surface area contributed by atoms with Gasteiger partial charge in [0.2, 0.25) is 5.91 Å². The zero-order valence-corrected chi connectivity index (χ0v) is 13.1. The van der Waals surface area contributed by atoms with E-state index >= 15 is 0 Å². The van der Waals surface area contributed by atoms with Gasteiger partial charge in [0.05, 0.1) is 6.42 Å². The molecule has 0 spiro atoms. The lowest BCUT2D eigenvalue weighted by Crippen LogP contribution is -2.36. The number of amides is 1. The summed E-state index contributed by atoms with van der Waals surface area (Å²) in [6.45, 7) is 8.48. The smallest absolute Gasteiger partial charge is 0.227 e. The van der Waals surface area contributed by atoms with Crippen molar-refractivity contribution >= 4 is 5.91 Å². The van der Waals surface area contributed by atoms with Crippen LogP contribution in [0.25, 0.3) is 0 Å². The molecule has 0 aliphatic heterocycles. The van der Waals surface area contributed by atoms with Gasteiger partial charge in [-0.15, -0.1) is 0 Å². The number of rotatable bonds is 8. The molecule has 0 heterocycles. The summed E-state index contributed by atoms with van der Waals surface area (Å²) in [7, 11) is 0. The minimum atomic E-state index is 0.175. The normalized spacial score (nSPS) is 10.8. The molecule has 20 heavy (non-hydrogen) atoms. The standard InChI is InChI=1S/C17H28N2O/c1-4-10-19(11-9-18)17(20)13-16-7-5-15(6-8-16)12-14(2)3/h5-8,14H,4,9-13,18H2,1-3H3. The van der Waals surface area contributed by atoms with E-state index in [0.29, 0.717) is 25.4 Å². The van der Waals surface area contributed by atoms with Crippen molar-refractivity contribution in [1.82, 2.24) is 4.90 Å². The molecule has 0 aliphatic carbocycles. The van der Waals surface area contributed by atoms with Gasteiger partial charge in [-0.3, -0.25) is 4.79 Å². The van der Waals surface area contributed by atoms with E-state index in [2.05, 4.69) is 45.0 Å². The molecule has 3 nitrogen and oxygen atoms in total. The van der Waals surface area contributed by atoms with Crippen molar-refractivity contribution < 1.29 is 4.79 Å². The fraction of sp³-hybridized carbons (Fsp3) is 0.588. The van der Waals surface area contributed by atoms with Gasteiger partial charge in [-0.1, -0.05) is 45.0 Å². The van der Waals surface area contributed by atoms with Crippen LogP contribution >= 0.6 is 0 Å². The molecule has 1 rings (SSSR count). The molecular weight excluding hydrogens is 248 g/mol. The Kier molecular flexibility index (Phi) is 7.31. The minimum Gasteiger partial charge on any atom is -0.341 e. The lowest BCUT2D eigenvalue weighted by atomic mass is 10.0. The molecule has 0 bridgehead atoms. The number of benzene rings is 1. The molecule has 1 amide bonds. The summed E-state index contributed by atoms with van der Waals surface area (Å²) in [5.41, 5.74) is 7.98. The predicted octanol–water partition coefficient (Wildman–Crippen LogP) is 2.62. The van der Waals surface area contributed by atoms with Crippen LogP contribution in [0.1, 0.15) is 38.3 Å². The molecule has 1 aromatic carbocycles. The number of nitrogens with zero attached hydrogens (tertiary/aromatic N) is 1. The second-order valence-electron chi connectivity index (χ2n) is 5.76. The first kappa shape index (κ1) is 16.7. The maximum absolute atomic E-state index is 12.2. The van der Waals surface area contributed by atoms with Crippen molar-refractivity contribution in [1.29, 1.82) is 0 Å². The fourth-order valence-corrected chi connectivity index (χ4v) is 2.34. The summed E-state index contributed by atoms with van der Waals surface area (Å²) < 4.78 is 0. The summed E-state index contributed by atoms with van der Waals surface area (Å²) >= 11 is 0. The predicted molar refractivity (Wildman–Crippen MR) is 84.6 cm³/mol. The topological polar surface area (TPSA) is 46.3 Å². The molecule has 0 aromatic heterocycles. The summed E-state index contributed by atoms with van der Waals surface area (Å²) in [5, 5.41) is 0. The largest absolute Gasteiger partial charge is 0.341 e. The maximum atomic E-state index is 12.2. The molecule has 0 atom stereocenters. The van der Waals surface area contributed by atoms with Crippen molar-refractivity contribution in [2.24, 2.45) is 11.7 Å². The molecule has 0 unspecified atom stereocenters. The quantitative estimate of drug-likeness (QED) is 0.793. The lowest BCUT2D eigenvalue weighted by molar-refractivity contribution is -0.130. The van der Waals surface area contributed by atoms with Gasteiger partial charge in [0.1, 0.15) is 0 Å². The van der Waals surface area contributed by atoms with Crippen LogP contribution in [0.2, 0.25) is 0 Å². The summed E-state index contributed by atoms with van der Waals surface area (Å²) in [6.07, 6.45) is 2.53. The average molecular weight is 276 g/mol. The second-order valence-corrected chi connectivity index (χ2v) is 5.76. The van der Waals surface area contributed by atoms with Crippen LogP contribution < -0.4 is 5.73 Å². The Balaban J connectivity index is 2.60. The first-order valence-corrected chi connectivity index (χ1v) is 7.62. The third kappa shape index (κ3) is 5.74. The van der Waals surface area contributed by atoms with Gasteiger partial charge in [-0.25, -0.2) is 0 Å². The molecule has 0 aliphatic rings. The van der Waals surface area contributed by atoms with E-state index in [4.69, 9.17) is 5.73 Å². The molecule has 2 N–H and O–H groups in total. The SMILES string of the molecule is CCCN(CCN)C(=O)Cc1ccc(CC(C)C)cc1. The summed E-state index contributed by atoms with van der Waals surface area (Å²) in [5.74, 6) is 0.834. The number of hydrogen-bond donors (Lipinski definition) is 1.